The van der Waals surface area contributed by atoms with Crippen LogP contribution in [0.15, 0.2) is 84.6 Å². The fraction of sp³-hybridized carbons (Fsp3) is 0.0870. The lowest BCUT2D eigenvalue weighted by Crippen LogP contribution is -2.30. The van der Waals surface area contributed by atoms with E-state index in [2.05, 4.69) is 0 Å². The second-order valence-electron chi connectivity index (χ2n) is 6.61. The second-order valence-corrected chi connectivity index (χ2v) is 7.05. The minimum atomic E-state index is -0.730. The van der Waals surface area contributed by atoms with Gasteiger partial charge in [0.2, 0.25) is 0 Å². The first-order chi connectivity index (χ1) is 13.6. The Hall–Kier alpha value is -3.11. The number of aliphatic hydroxyl groups excluding tert-OH is 1. The number of benzene rings is 3. The molecule has 0 aliphatic carbocycles. The van der Waals surface area contributed by atoms with Gasteiger partial charge in [0, 0.05) is 22.7 Å². The number of rotatable bonds is 4. The van der Waals surface area contributed by atoms with Gasteiger partial charge in [-0.25, -0.2) is 4.39 Å². The van der Waals surface area contributed by atoms with Gasteiger partial charge in [-0.1, -0.05) is 72.3 Å². The van der Waals surface area contributed by atoms with Crippen molar-refractivity contribution in [2.75, 3.05) is 0 Å². The molecule has 1 heterocycles. The van der Waals surface area contributed by atoms with Crippen molar-refractivity contribution in [2.45, 2.75) is 12.6 Å². The molecule has 28 heavy (non-hydrogen) atoms. The minimum absolute atomic E-state index is 0.218. The Balaban J connectivity index is 1.83. The molecule has 1 aliphatic heterocycles. The third-order valence-corrected chi connectivity index (χ3v) is 5.11. The van der Waals surface area contributed by atoms with Crippen molar-refractivity contribution in [1.82, 2.24) is 4.90 Å². The van der Waals surface area contributed by atoms with E-state index < -0.39 is 17.8 Å². The predicted octanol–water partition coefficient (Wildman–Crippen LogP) is 5.53. The molecule has 0 saturated carbocycles. The lowest BCUT2D eigenvalue weighted by Gasteiger charge is -2.27. The number of aliphatic hydroxyl groups is 1. The van der Waals surface area contributed by atoms with Gasteiger partial charge >= 0.3 is 0 Å². The zero-order valence-electron chi connectivity index (χ0n) is 14.8. The summed E-state index contributed by atoms with van der Waals surface area (Å²) < 4.78 is 14.7. The molecule has 1 aliphatic rings. The maximum absolute atomic E-state index is 14.7. The van der Waals surface area contributed by atoms with E-state index in [9.17, 15) is 14.3 Å². The molecule has 0 unspecified atom stereocenters. The first-order valence-corrected chi connectivity index (χ1v) is 9.22. The summed E-state index contributed by atoms with van der Waals surface area (Å²) in [4.78, 5) is 14.4. The van der Waals surface area contributed by atoms with E-state index in [1.807, 2.05) is 30.3 Å². The van der Waals surface area contributed by atoms with E-state index in [-0.39, 0.29) is 12.3 Å². The summed E-state index contributed by atoms with van der Waals surface area (Å²) in [5.41, 5.74) is 2.26. The molecular weight excluding hydrogens is 377 g/mol. The van der Waals surface area contributed by atoms with Crippen LogP contribution in [-0.2, 0) is 11.3 Å². The fourth-order valence-electron chi connectivity index (χ4n) is 3.54. The van der Waals surface area contributed by atoms with Crippen LogP contribution in [-0.4, -0.2) is 15.9 Å². The van der Waals surface area contributed by atoms with Gasteiger partial charge in [-0.15, -0.1) is 0 Å². The van der Waals surface area contributed by atoms with Crippen LogP contribution in [0.2, 0.25) is 5.02 Å². The Kier molecular flexibility index (Phi) is 4.88. The Morgan fingerprint density at radius 1 is 0.929 bits per heavy atom. The van der Waals surface area contributed by atoms with E-state index in [4.69, 9.17) is 11.6 Å². The van der Waals surface area contributed by atoms with Gasteiger partial charge < -0.3 is 10.0 Å². The Labute approximate surface area is 167 Å². The van der Waals surface area contributed by atoms with Gasteiger partial charge in [0.15, 0.2) is 5.76 Å². The highest BCUT2D eigenvalue weighted by Gasteiger charge is 2.41. The molecule has 0 radical (unpaired) electrons. The van der Waals surface area contributed by atoms with Gasteiger partial charge in [0.05, 0.1) is 6.04 Å². The molecule has 3 aromatic carbocycles. The first kappa shape index (κ1) is 18.3. The molecule has 140 valence electrons. The molecule has 1 atom stereocenters. The lowest BCUT2D eigenvalue weighted by atomic mass is 9.93. The van der Waals surface area contributed by atoms with Crippen molar-refractivity contribution in [3.05, 3.63) is 112 Å². The number of carbonyl (C=O) groups is 1. The van der Waals surface area contributed by atoms with Crippen LogP contribution >= 0.6 is 11.6 Å². The molecule has 1 amide bonds. The normalized spacial score (nSPS) is 16.7. The summed E-state index contributed by atoms with van der Waals surface area (Å²) in [7, 11) is 0. The van der Waals surface area contributed by atoms with Crippen LogP contribution < -0.4 is 0 Å². The molecular formula is C23H17ClFNO2. The van der Waals surface area contributed by atoms with Crippen LogP contribution in [0.3, 0.4) is 0 Å². The van der Waals surface area contributed by atoms with Gasteiger partial charge in [-0.2, -0.15) is 0 Å². The highest BCUT2D eigenvalue weighted by atomic mass is 35.5. The third-order valence-electron chi connectivity index (χ3n) is 4.85. The summed E-state index contributed by atoms with van der Waals surface area (Å²) >= 11 is 5.95. The lowest BCUT2D eigenvalue weighted by molar-refractivity contribution is -0.130. The van der Waals surface area contributed by atoms with Crippen molar-refractivity contribution >= 4 is 23.1 Å². The summed E-state index contributed by atoms with van der Waals surface area (Å²) in [6.45, 7) is 0.218. The van der Waals surface area contributed by atoms with E-state index >= 15 is 0 Å². The van der Waals surface area contributed by atoms with Crippen LogP contribution in [0.1, 0.15) is 22.7 Å². The van der Waals surface area contributed by atoms with E-state index in [0.717, 1.165) is 5.56 Å². The maximum atomic E-state index is 14.7. The van der Waals surface area contributed by atoms with E-state index in [1.165, 1.54) is 11.0 Å². The SMILES string of the molecule is O=C1C(O)=C(c2ccccc2)[C@H](c2ccccc2F)N1Cc1ccc(Cl)cc1. The molecule has 1 N–H and O–H groups in total. The van der Waals surface area contributed by atoms with Crippen molar-refractivity contribution in [3.63, 3.8) is 0 Å². The molecule has 3 aromatic rings. The minimum Gasteiger partial charge on any atom is -0.503 e. The van der Waals surface area contributed by atoms with Gasteiger partial charge in [-0.3, -0.25) is 4.79 Å². The van der Waals surface area contributed by atoms with Crippen LogP contribution in [0.4, 0.5) is 4.39 Å². The smallest absolute Gasteiger partial charge is 0.290 e. The largest absolute Gasteiger partial charge is 0.503 e. The highest BCUT2D eigenvalue weighted by molar-refractivity contribution is 6.30. The van der Waals surface area contributed by atoms with E-state index in [0.29, 0.717) is 21.7 Å². The van der Waals surface area contributed by atoms with Crippen LogP contribution in [0, 0.1) is 5.82 Å². The fourth-order valence-corrected chi connectivity index (χ4v) is 3.66. The van der Waals surface area contributed by atoms with Crippen molar-refractivity contribution < 1.29 is 14.3 Å². The monoisotopic (exact) mass is 393 g/mol. The molecule has 0 spiro atoms. The van der Waals surface area contributed by atoms with Gasteiger partial charge in [0.1, 0.15) is 5.82 Å². The number of hydrogen-bond donors (Lipinski definition) is 1. The Bertz CT molecular complexity index is 1050. The molecule has 0 fully saturated rings. The number of halogens is 2. The maximum Gasteiger partial charge on any atom is 0.290 e. The predicted molar refractivity (Wildman–Crippen MR) is 107 cm³/mol. The Morgan fingerprint density at radius 2 is 1.57 bits per heavy atom. The Morgan fingerprint density at radius 3 is 2.25 bits per heavy atom. The molecule has 5 heteroatoms. The molecule has 3 nitrogen and oxygen atoms in total. The average molecular weight is 394 g/mol. The third kappa shape index (κ3) is 3.27. The number of nitrogens with zero attached hydrogens (tertiary/aromatic N) is 1. The van der Waals surface area contributed by atoms with Crippen molar-refractivity contribution in [1.29, 1.82) is 0 Å². The topological polar surface area (TPSA) is 40.5 Å². The van der Waals surface area contributed by atoms with Crippen molar-refractivity contribution in [2.24, 2.45) is 0 Å². The van der Waals surface area contributed by atoms with Gasteiger partial charge in [-0.05, 0) is 29.3 Å². The zero-order chi connectivity index (χ0) is 19.7. The zero-order valence-corrected chi connectivity index (χ0v) is 15.6. The quantitative estimate of drug-likeness (QED) is 0.633. The molecule has 0 saturated heterocycles. The molecule has 0 bridgehead atoms. The van der Waals surface area contributed by atoms with E-state index in [1.54, 1.807) is 42.5 Å². The average Bonchev–Trinajstić information content (AvgIpc) is 2.95. The second kappa shape index (κ2) is 7.49. The van der Waals surface area contributed by atoms with Crippen LogP contribution in [0.25, 0.3) is 5.57 Å². The van der Waals surface area contributed by atoms with Crippen LogP contribution in [0.5, 0.6) is 0 Å². The number of hydrogen-bond acceptors (Lipinski definition) is 2. The number of carbonyl (C=O) groups excluding carboxylic acids is 1. The highest BCUT2D eigenvalue weighted by Crippen LogP contribution is 2.44. The summed E-state index contributed by atoms with van der Waals surface area (Å²) in [6.07, 6.45) is 0. The summed E-state index contributed by atoms with van der Waals surface area (Å²) in [6, 6.07) is 21.8. The standard InChI is InChI=1S/C23H17ClFNO2/c24-17-12-10-15(11-13-17)14-26-21(18-8-4-5-9-19(18)25)20(22(27)23(26)28)16-6-2-1-3-7-16/h1-13,21,27H,14H2/t21-/m0/s1. The van der Waals surface area contributed by atoms with Crippen molar-refractivity contribution in [3.8, 4) is 0 Å². The first-order valence-electron chi connectivity index (χ1n) is 8.84. The van der Waals surface area contributed by atoms with Gasteiger partial charge in [0.25, 0.3) is 5.91 Å². The summed E-state index contributed by atoms with van der Waals surface area (Å²) in [5, 5.41) is 11.3. The summed E-state index contributed by atoms with van der Waals surface area (Å²) in [5.74, 6) is -1.31. The number of amides is 1. The molecule has 4 rings (SSSR count). The molecule has 0 aromatic heterocycles.